The lowest BCUT2D eigenvalue weighted by molar-refractivity contribution is 0.112. The summed E-state index contributed by atoms with van der Waals surface area (Å²) < 4.78 is 1.19. The van der Waals surface area contributed by atoms with Gasteiger partial charge in [-0.15, -0.1) is 0 Å². The minimum atomic E-state index is 0.737. The van der Waals surface area contributed by atoms with Crippen molar-refractivity contribution in [2.24, 2.45) is 0 Å². The predicted molar refractivity (Wildman–Crippen MR) is 57.3 cm³/mol. The van der Waals surface area contributed by atoms with Crippen LogP contribution < -0.4 is 5.32 Å². The van der Waals surface area contributed by atoms with E-state index in [9.17, 15) is 4.79 Å². The van der Waals surface area contributed by atoms with Crippen LogP contribution in [0.3, 0.4) is 0 Å². The van der Waals surface area contributed by atoms with Crippen LogP contribution in [0.25, 0.3) is 0 Å². The number of nitrogens with one attached hydrogen (secondary N) is 1. The van der Waals surface area contributed by atoms with Gasteiger partial charge in [0.05, 0.1) is 0 Å². The van der Waals surface area contributed by atoms with Gasteiger partial charge in [0, 0.05) is 15.7 Å². The van der Waals surface area contributed by atoms with E-state index in [-0.39, 0.29) is 0 Å². The number of hydrogen-bond donors (Lipinski definition) is 1. The van der Waals surface area contributed by atoms with E-state index >= 15 is 0 Å². The first kappa shape index (κ1) is 9.67. The second-order valence-corrected chi connectivity index (χ2v) is 3.66. The van der Waals surface area contributed by atoms with Gasteiger partial charge in [-0.1, -0.05) is 6.07 Å². The molecule has 0 bridgehead atoms. The van der Waals surface area contributed by atoms with Gasteiger partial charge in [0.2, 0.25) is 0 Å². The largest absolute Gasteiger partial charge is 0.316 e. The predicted octanol–water partition coefficient (Wildman–Crippen LogP) is 1.82. The van der Waals surface area contributed by atoms with Gasteiger partial charge < -0.3 is 5.32 Å². The Morgan fingerprint density at radius 1 is 1.58 bits per heavy atom. The highest BCUT2D eigenvalue weighted by Gasteiger charge is 1.99. The molecule has 1 N–H and O–H groups in total. The van der Waals surface area contributed by atoms with Crippen molar-refractivity contribution < 1.29 is 4.79 Å². The summed E-state index contributed by atoms with van der Waals surface area (Å²) in [6.45, 7) is 0.806. The number of benzene rings is 1. The fourth-order valence-electron chi connectivity index (χ4n) is 0.994. The molecule has 0 aromatic heterocycles. The Morgan fingerprint density at radius 3 is 2.92 bits per heavy atom. The van der Waals surface area contributed by atoms with Crippen LogP contribution in [0.4, 0.5) is 0 Å². The van der Waals surface area contributed by atoms with Crippen molar-refractivity contribution in [1.82, 2.24) is 5.32 Å². The van der Waals surface area contributed by atoms with Crippen LogP contribution in [0, 0.1) is 3.57 Å². The number of carbonyl (C=O) groups excluding carboxylic acids is 1. The molecule has 64 valence electrons. The Morgan fingerprint density at radius 2 is 2.33 bits per heavy atom. The van der Waals surface area contributed by atoms with Crippen LogP contribution in [0.15, 0.2) is 18.2 Å². The molecule has 0 amide bonds. The number of aldehydes is 1. The lowest BCUT2D eigenvalue weighted by atomic mass is 10.1. The van der Waals surface area contributed by atoms with Crippen molar-refractivity contribution in [1.29, 1.82) is 0 Å². The van der Waals surface area contributed by atoms with E-state index in [1.807, 2.05) is 25.2 Å². The maximum atomic E-state index is 10.5. The highest BCUT2D eigenvalue weighted by atomic mass is 127. The van der Waals surface area contributed by atoms with E-state index in [1.165, 1.54) is 9.13 Å². The quantitative estimate of drug-likeness (QED) is 0.673. The van der Waals surface area contributed by atoms with Crippen molar-refractivity contribution in [3.05, 3.63) is 32.9 Å². The molecule has 0 aliphatic carbocycles. The lowest BCUT2D eigenvalue weighted by Crippen LogP contribution is -2.06. The highest BCUT2D eigenvalue weighted by Crippen LogP contribution is 2.13. The molecule has 0 aliphatic rings. The average Bonchev–Trinajstić information content (AvgIpc) is 2.09. The van der Waals surface area contributed by atoms with E-state index < -0.39 is 0 Å². The number of hydrogen-bond acceptors (Lipinski definition) is 2. The molecule has 1 rings (SSSR count). The third-order valence-corrected chi connectivity index (χ3v) is 2.63. The Labute approximate surface area is 85.5 Å². The first-order valence-electron chi connectivity index (χ1n) is 3.66. The monoisotopic (exact) mass is 275 g/mol. The van der Waals surface area contributed by atoms with Crippen LogP contribution in [0.2, 0.25) is 0 Å². The van der Waals surface area contributed by atoms with Gasteiger partial charge in [-0.05, 0) is 47.3 Å². The summed E-state index contributed by atoms with van der Waals surface area (Å²) in [5.74, 6) is 0. The van der Waals surface area contributed by atoms with Crippen LogP contribution in [-0.2, 0) is 6.54 Å². The van der Waals surface area contributed by atoms with E-state index in [0.717, 1.165) is 18.4 Å². The Balaban J connectivity index is 2.99. The first-order valence-corrected chi connectivity index (χ1v) is 4.74. The smallest absolute Gasteiger partial charge is 0.150 e. The normalized spacial score (nSPS) is 9.83. The molecule has 0 unspecified atom stereocenters. The van der Waals surface area contributed by atoms with E-state index in [1.54, 1.807) is 0 Å². The summed E-state index contributed by atoms with van der Waals surface area (Å²) in [6.07, 6.45) is 0.870. The summed E-state index contributed by atoms with van der Waals surface area (Å²) in [7, 11) is 1.89. The zero-order valence-corrected chi connectivity index (χ0v) is 8.96. The molecule has 0 atom stereocenters. The Kier molecular flexibility index (Phi) is 3.68. The average molecular weight is 275 g/mol. The van der Waals surface area contributed by atoms with Gasteiger partial charge >= 0.3 is 0 Å². The van der Waals surface area contributed by atoms with Crippen LogP contribution >= 0.6 is 22.6 Å². The highest BCUT2D eigenvalue weighted by molar-refractivity contribution is 14.1. The minimum Gasteiger partial charge on any atom is -0.316 e. The summed E-state index contributed by atoms with van der Waals surface area (Å²) in [5.41, 5.74) is 1.91. The van der Waals surface area contributed by atoms with Gasteiger partial charge in [0.25, 0.3) is 0 Å². The standard InChI is InChI=1S/C9H10INO/c1-11-5-8-4-7(6-12)2-3-9(8)10/h2-4,6,11H,5H2,1H3. The van der Waals surface area contributed by atoms with E-state index in [0.29, 0.717) is 0 Å². The second-order valence-electron chi connectivity index (χ2n) is 2.50. The Hall–Kier alpha value is -0.420. The van der Waals surface area contributed by atoms with Crippen LogP contribution in [0.1, 0.15) is 15.9 Å². The molecule has 0 aliphatic heterocycles. The zero-order valence-electron chi connectivity index (χ0n) is 6.80. The minimum absolute atomic E-state index is 0.737. The molecule has 0 heterocycles. The second kappa shape index (κ2) is 4.57. The van der Waals surface area contributed by atoms with Crippen molar-refractivity contribution in [2.45, 2.75) is 6.54 Å². The lowest BCUT2D eigenvalue weighted by Gasteiger charge is -2.03. The van der Waals surface area contributed by atoms with E-state index in [2.05, 4.69) is 27.9 Å². The summed E-state index contributed by atoms with van der Waals surface area (Å²) in [6, 6.07) is 5.69. The molecule has 0 saturated heterocycles. The molecular formula is C9H10INO. The van der Waals surface area contributed by atoms with Crippen molar-refractivity contribution in [2.75, 3.05) is 7.05 Å². The molecule has 2 nitrogen and oxygen atoms in total. The van der Waals surface area contributed by atoms with Gasteiger partial charge in [-0.2, -0.15) is 0 Å². The number of rotatable bonds is 3. The van der Waals surface area contributed by atoms with E-state index in [4.69, 9.17) is 0 Å². The summed E-state index contributed by atoms with van der Waals surface area (Å²) in [4.78, 5) is 10.5. The fraction of sp³-hybridized carbons (Fsp3) is 0.222. The maximum Gasteiger partial charge on any atom is 0.150 e. The van der Waals surface area contributed by atoms with Gasteiger partial charge in [-0.3, -0.25) is 4.79 Å². The third kappa shape index (κ3) is 2.28. The van der Waals surface area contributed by atoms with Crippen LogP contribution in [0.5, 0.6) is 0 Å². The zero-order chi connectivity index (χ0) is 8.97. The van der Waals surface area contributed by atoms with Gasteiger partial charge in [0.1, 0.15) is 6.29 Å². The number of carbonyl (C=O) groups is 1. The number of halogens is 1. The summed E-state index contributed by atoms with van der Waals surface area (Å²) in [5, 5.41) is 3.06. The van der Waals surface area contributed by atoms with Gasteiger partial charge in [0.15, 0.2) is 0 Å². The molecular weight excluding hydrogens is 265 g/mol. The molecule has 1 aromatic carbocycles. The SMILES string of the molecule is CNCc1cc(C=O)ccc1I. The van der Waals surface area contributed by atoms with Crippen molar-refractivity contribution >= 4 is 28.9 Å². The molecule has 0 saturated carbocycles. The van der Waals surface area contributed by atoms with Gasteiger partial charge in [-0.25, -0.2) is 0 Å². The molecule has 3 heteroatoms. The first-order chi connectivity index (χ1) is 5.77. The molecule has 1 aromatic rings. The molecule has 0 fully saturated rings. The Bertz CT molecular complexity index is 286. The fourth-order valence-corrected chi connectivity index (χ4v) is 1.52. The summed E-state index contributed by atoms with van der Waals surface area (Å²) >= 11 is 2.26. The third-order valence-electron chi connectivity index (χ3n) is 1.57. The molecule has 0 spiro atoms. The topological polar surface area (TPSA) is 29.1 Å². The maximum absolute atomic E-state index is 10.5. The van der Waals surface area contributed by atoms with Crippen LogP contribution in [-0.4, -0.2) is 13.3 Å². The van der Waals surface area contributed by atoms with Crippen molar-refractivity contribution in [3.63, 3.8) is 0 Å². The van der Waals surface area contributed by atoms with Crippen molar-refractivity contribution in [3.8, 4) is 0 Å². The molecule has 12 heavy (non-hydrogen) atoms. The molecule has 0 radical (unpaired) electrons.